The summed E-state index contributed by atoms with van der Waals surface area (Å²) in [6, 6.07) is 7.86. The Balaban J connectivity index is 1.66. The maximum atomic E-state index is 12.5. The van der Waals surface area contributed by atoms with Crippen molar-refractivity contribution in [1.29, 1.82) is 0 Å². The third-order valence-electron chi connectivity index (χ3n) is 4.11. The van der Waals surface area contributed by atoms with Crippen LogP contribution in [0.15, 0.2) is 51.3 Å². The number of aryl methyl sites for hydroxylation is 2. The molecule has 0 aliphatic carbocycles. The minimum absolute atomic E-state index is 0.0323. The zero-order valence-corrected chi connectivity index (χ0v) is 17.2. The molecule has 9 heteroatoms. The molecule has 2 heterocycles. The van der Waals surface area contributed by atoms with Crippen LogP contribution in [0.2, 0.25) is 0 Å². The van der Waals surface area contributed by atoms with Crippen molar-refractivity contribution in [1.82, 2.24) is 15.0 Å². The number of sulfonamides is 1. The minimum atomic E-state index is -3.77. The maximum Gasteiger partial charge on any atom is 0.251 e. The number of furan rings is 1. The van der Waals surface area contributed by atoms with Crippen LogP contribution in [0, 0.1) is 13.8 Å². The first-order valence-electron chi connectivity index (χ1n) is 8.67. The highest BCUT2D eigenvalue weighted by Gasteiger charge is 2.18. The second-order valence-corrected chi connectivity index (χ2v) is 9.07. The molecule has 1 aromatic carbocycles. The van der Waals surface area contributed by atoms with E-state index >= 15 is 0 Å². The number of rotatable bonds is 8. The standard InChI is InChI=1S/C19H21N3O4S2/c1-13-5-6-17(28(24,25)21-11-16-4-3-9-26-16)10-18(13)19(23)20-8-7-15-12-27-14(2)22-15/h3-6,9-10,12,21H,7-8,11H2,1-2H3,(H,20,23). The Morgan fingerprint density at radius 3 is 2.75 bits per heavy atom. The topological polar surface area (TPSA) is 101 Å². The molecule has 2 aromatic heterocycles. The molecule has 28 heavy (non-hydrogen) atoms. The fraction of sp³-hybridized carbons (Fsp3) is 0.263. The van der Waals surface area contributed by atoms with Gasteiger partial charge in [0.05, 0.1) is 28.4 Å². The van der Waals surface area contributed by atoms with E-state index in [1.165, 1.54) is 18.4 Å². The molecule has 3 rings (SSSR count). The summed E-state index contributed by atoms with van der Waals surface area (Å²) < 4.78 is 32.6. The molecule has 0 saturated carbocycles. The largest absolute Gasteiger partial charge is 0.468 e. The number of nitrogens with zero attached hydrogens (tertiary/aromatic N) is 1. The van der Waals surface area contributed by atoms with Gasteiger partial charge in [0.2, 0.25) is 10.0 Å². The van der Waals surface area contributed by atoms with Gasteiger partial charge in [-0.2, -0.15) is 0 Å². The number of hydrogen-bond donors (Lipinski definition) is 2. The molecule has 0 aliphatic heterocycles. The summed E-state index contributed by atoms with van der Waals surface area (Å²) in [5, 5.41) is 5.77. The highest BCUT2D eigenvalue weighted by molar-refractivity contribution is 7.89. The Kier molecular flexibility index (Phi) is 6.28. The summed E-state index contributed by atoms with van der Waals surface area (Å²) in [7, 11) is -3.77. The molecule has 1 amide bonds. The summed E-state index contributed by atoms with van der Waals surface area (Å²) >= 11 is 1.57. The van der Waals surface area contributed by atoms with Crippen LogP contribution in [0.25, 0.3) is 0 Å². The third-order valence-corrected chi connectivity index (χ3v) is 6.33. The van der Waals surface area contributed by atoms with Gasteiger partial charge in [0.25, 0.3) is 5.91 Å². The van der Waals surface area contributed by atoms with Crippen molar-refractivity contribution < 1.29 is 17.6 Å². The Hall–Kier alpha value is -2.49. The molecule has 3 aromatic rings. The molecule has 0 radical (unpaired) electrons. The van der Waals surface area contributed by atoms with Gasteiger partial charge in [0.1, 0.15) is 5.76 Å². The van der Waals surface area contributed by atoms with Crippen LogP contribution >= 0.6 is 11.3 Å². The number of hydrogen-bond acceptors (Lipinski definition) is 6. The first-order valence-corrected chi connectivity index (χ1v) is 11.0. The second-order valence-electron chi connectivity index (χ2n) is 6.24. The van der Waals surface area contributed by atoms with E-state index < -0.39 is 10.0 Å². The molecule has 0 fully saturated rings. The molecule has 148 valence electrons. The molecular formula is C19H21N3O4S2. The van der Waals surface area contributed by atoms with Crippen molar-refractivity contribution in [3.8, 4) is 0 Å². The molecule has 0 bridgehead atoms. The molecule has 0 spiro atoms. The van der Waals surface area contributed by atoms with Crippen molar-refractivity contribution in [2.45, 2.75) is 31.7 Å². The lowest BCUT2D eigenvalue weighted by Crippen LogP contribution is -2.27. The van der Waals surface area contributed by atoms with E-state index in [-0.39, 0.29) is 17.3 Å². The van der Waals surface area contributed by atoms with Crippen LogP contribution in [-0.2, 0) is 23.0 Å². The van der Waals surface area contributed by atoms with Crippen LogP contribution < -0.4 is 10.0 Å². The Labute approximate surface area is 167 Å². The highest BCUT2D eigenvalue weighted by Crippen LogP contribution is 2.16. The van der Waals surface area contributed by atoms with E-state index in [1.54, 1.807) is 36.5 Å². The monoisotopic (exact) mass is 419 g/mol. The van der Waals surface area contributed by atoms with Crippen LogP contribution in [0.3, 0.4) is 0 Å². The molecular weight excluding hydrogens is 398 g/mol. The van der Waals surface area contributed by atoms with Crippen LogP contribution in [-0.4, -0.2) is 25.9 Å². The molecule has 0 atom stereocenters. The molecule has 0 aliphatic rings. The van der Waals surface area contributed by atoms with E-state index in [4.69, 9.17) is 4.42 Å². The van der Waals surface area contributed by atoms with Gasteiger partial charge in [0, 0.05) is 23.9 Å². The van der Waals surface area contributed by atoms with Crippen LogP contribution in [0.4, 0.5) is 0 Å². The van der Waals surface area contributed by atoms with Gasteiger partial charge in [-0.15, -0.1) is 11.3 Å². The number of carbonyl (C=O) groups is 1. The maximum absolute atomic E-state index is 12.5. The quantitative estimate of drug-likeness (QED) is 0.585. The van der Waals surface area contributed by atoms with Gasteiger partial charge in [0.15, 0.2) is 0 Å². The van der Waals surface area contributed by atoms with E-state index in [2.05, 4.69) is 15.0 Å². The average Bonchev–Trinajstić information content (AvgIpc) is 3.32. The summed E-state index contributed by atoms with van der Waals surface area (Å²) in [6.45, 7) is 4.17. The SMILES string of the molecule is Cc1nc(CCNC(=O)c2cc(S(=O)(=O)NCc3ccco3)ccc2C)cs1. The minimum Gasteiger partial charge on any atom is -0.468 e. The predicted molar refractivity (Wildman–Crippen MR) is 107 cm³/mol. The van der Waals surface area contributed by atoms with Gasteiger partial charge in [-0.3, -0.25) is 4.79 Å². The number of thiazole rings is 1. The number of benzene rings is 1. The van der Waals surface area contributed by atoms with E-state index in [9.17, 15) is 13.2 Å². The normalized spacial score (nSPS) is 11.5. The van der Waals surface area contributed by atoms with Gasteiger partial charge < -0.3 is 9.73 Å². The summed E-state index contributed by atoms with van der Waals surface area (Å²) in [4.78, 5) is 16.9. The zero-order valence-electron chi connectivity index (χ0n) is 15.6. The van der Waals surface area contributed by atoms with Crippen molar-refractivity contribution >= 4 is 27.3 Å². The smallest absolute Gasteiger partial charge is 0.251 e. The Morgan fingerprint density at radius 2 is 2.07 bits per heavy atom. The fourth-order valence-corrected chi connectivity index (χ4v) is 4.26. The van der Waals surface area contributed by atoms with Crippen molar-refractivity contribution in [2.75, 3.05) is 6.54 Å². The molecule has 2 N–H and O–H groups in total. The van der Waals surface area contributed by atoms with Gasteiger partial charge in [-0.25, -0.2) is 18.1 Å². The number of carbonyl (C=O) groups excluding carboxylic acids is 1. The molecule has 0 saturated heterocycles. The third kappa shape index (κ3) is 5.06. The summed E-state index contributed by atoms with van der Waals surface area (Å²) in [6.07, 6.45) is 2.10. The lowest BCUT2D eigenvalue weighted by atomic mass is 10.1. The van der Waals surface area contributed by atoms with Crippen LogP contribution in [0.1, 0.15) is 32.4 Å². The lowest BCUT2D eigenvalue weighted by molar-refractivity contribution is 0.0953. The average molecular weight is 420 g/mol. The van der Waals surface area contributed by atoms with Crippen molar-refractivity contribution in [2.24, 2.45) is 0 Å². The number of amides is 1. The van der Waals surface area contributed by atoms with Gasteiger partial charge in [-0.05, 0) is 43.7 Å². The summed E-state index contributed by atoms with van der Waals surface area (Å²) in [5.41, 5.74) is 1.96. The first-order chi connectivity index (χ1) is 13.3. The second kappa shape index (κ2) is 8.68. The van der Waals surface area contributed by atoms with Crippen molar-refractivity contribution in [3.05, 3.63) is 69.6 Å². The number of nitrogens with one attached hydrogen (secondary N) is 2. The Morgan fingerprint density at radius 1 is 1.25 bits per heavy atom. The lowest BCUT2D eigenvalue weighted by Gasteiger charge is -2.11. The predicted octanol–water partition coefficient (Wildman–Crippen LogP) is 2.80. The molecule has 7 nitrogen and oxygen atoms in total. The van der Waals surface area contributed by atoms with E-state index in [0.717, 1.165) is 10.7 Å². The van der Waals surface area contributed by atoms with Gasteiger partial charge in [-0.1, -0.05) is 6.07 Å². The van der Waals surface area contributed by atoms with Gasteiger partial charge >= 0.3 is 0 Å². The fourth-order valence-electron chi connectivity index (χ4n) is 2.60. The zero-order chi connectivity index (χ0) is 20.1. The molecule has 0 unspecified atom stereocenters. The Bertz CT molecular complexity index is 1060. The van der Waals surface area contributed by atoms with E-state index in [0.29, 0.717) is 29.9 Å². The first kappa shape index (κ1) is 20.2. The van der Waals surface area contributed by atoms with E-state index in [1.807, 2.05) is 12.3 Å². The van der Waals surface area contributed by atoms with Crippen LogP contribution in [0.5, 0.6) is 0 Å². The summed E-state index contributed by atoms with van der Waals surface area (Å²) in [5.74, 6) is 0.193. The number of aromatic nitrogens is 1. The highest BCUT2D eigenvalue weighted by atomic mass is 32.2. The van der Waals surface area contributed by atoms with Crippen molar-refractivity contribution in [3.63, 3.8) is 0 Å².